The SMILES string of the molecule is CC(CN)C(F)c1nc(-c2coc3ccccc23)no1. The van der Waals surface area contributed by atoms with E-state index in [1.165, 1.54) is 0 Å². The predicted octanol–water partition coefficient (Wildman–Crippen LogP) is 3.09. The summed E-state index contributed by atoms with van der Waals surface area (Å²) in [5.74, 6) is -0.107. The summed E-state index contributed by atoms with van der Waals surface area (Å²) in [7, 11) is 0. The molecule has 2 atom stereocenters. The van der Waals surface area contributed by atoms with Crippen molar-refractivity contribution in [1.29, 1.82) is 0 Å². The summed E-state index contributed by atoms with van der Waals surface area (Å²) in [6.07, 6.45) is 0.179. The van der Waals surface area contributed by atoms with Gasteiger partial charge in [0.1, 0.15) is 11.8 Å². The topological polar surface area (TPSA) is 78.1 Å². The standard InChI is InChI=1S/C14H14FN3O2/c1-8(6-16)12(15)14-17-13(18-20-14)10-7-19-11-5-3-2-4-9(10)11/h2-5,7-8,12H,6,16H2,1H3. The van der Waals surface area contributed by atoms with Crippen molar-refractivity contribution in [2.24, 2.45) is 11.7 Å². The molecule has 6 heteroatoms. The molecule has 2 N–H and O–H groups in total. The van der Waals surface area contributed by atoms with Crippen LogP contribution in [-0.4, -0.2) is 16.7 Å². The molecule has 0 aliphatic rings. The number of furan rings is 1. The highest BCUT2D eigenvalue weighted by atomic mass is 19.1. The zero-order valence-corrected chi connectivity index (χ0v) is 10.9. The lowest BCUT2D eigenvalue weighted by Crippen LogP contribution is -2.16. The number of fused-ring (bicyclic) bond motifs is 1. The molecule has 0 spiro atoms. The number of aromatic nitrogens is 2. The summed E-state index contributed by atoms with van der Waals surface area (Å²) in [5, 5.41) is 4.68. The van der Waals surface area contributed by atoms with Crippen LogP contribution in [0.5, 0.6) is 0 Å². The Morgan fingerprint density at radius 2 is 2.15 bits per heavy atom. The molecule has 104 valence electrons. The molecule has 0 radical (unpaired) electrons. The molecule has 1 aromatic carbocycles. The van der Waals surface area contributed by atoms with E-state index in [2.05, 4.69) is 10.1 Å². The Labute approximate surface area is 114 Å². The van der Waals surface area contributed by atoms with E-state index in [-0.39, 0.29) is 18.4 Å². The second-order valence-electron chi connectivity index (χ2n) is 4.72. The fourth-order valence-electron chi connectivity index (χ4n) is 1.97. The Morgan fingerprint density at radius 3 is 2.95 bits per heavy atom. The first-order valence-electron chi connectivity index (χ1n) is 6.35. The molecule has 0 aliphatic heterocycles. The molecule has 20 heavy (non-hydrogen) atoms. The van der Waals surface area contributed by atoms with Crippen LogP contribution in [0.1, 0.15) is 19.0 Å². The van der Waals surface area contributed by atoms with Crippen molar-refractivity contribution >= 4 is 11.0 Å². The predicted molar refractivity (Wildman–Crippen MR) is 71.6 cm³/mol. The lowest BCUT2D eigenvalue weighted by Gasteiger charge is -2.09. The van der Waals surface area contributed by atoms with Gasteiger partial charge in [-0.2, -0.15) is 4.98 Å². The summed E-state index contributed by atoms with van der Waals surface area (Å²) < 4.78 is 24.4. The number of alkyl halides is 1. The van der Waals surface area contributed by atoms with E-state index in [0.29, 0.717) is 11.4 Å². The zero-order chi connectivity index (χ0) is 14.1. The van der Waals surface area contributed by atoms with Gasteiger partial charge in [0.25, 0.3) is 5.89 Å². The van der Waals surface area contributed by atoms with Crippen molar-refractivity contribution in [2.75, 3.05) is 6.54 Å². The summed E-state index contributed by atoms with van der Waals surface area (Å²) in [5.41, 5.74) is 6.85. The normalized spacial score (nSPS) is 14.6. The molecule has 0 aliphatic carbocycles. The minimum atomic E-state index is -1.36. The fourth-order valence-corrected chi connectivity index (χ4v) is 1.97. The molecule has 0 bridgehead atoms. The van der Waals surface area contributed by atoms with E-state index in [4.69, 9.17) is 14.7 Å². The first-order valence-corrected chi connectivity index (χ1v) is 6.35. The number of hydrogen-bond acceptors (Lipinski definition) is 5. The van der Waals surface area contributed by atoms with Gasteiger partial charge >= 0.3 is 0 Å². The second kappa shape index (κ2) is 5.05. The average molecular weight is 275 g/mol. The zero-order valence-electron chi connectivity index (χ0n) is 10.9. The van der Waals surface area contributed by atoms with Crippen molar-refractivity contribution in [3.05, 3.63) is 36.4 Å². The molecular formula is C14H14FN3O2. The molecule has 3 rings (SSSR count). The summed E-state index contributed by atoms with van der Waals surface area (Å²) >= 11 is 0. The Balaban J connectivity index is 1.98. The third-order valence-corrected chi connectivity index (χ3v) is 3.27. The highest BCUT2D eigenvalue weighted by molar-refractivity contribution is 5.91. The lowest BCUT2D eigenvalue weighted by molar-refractivity contribution is 0.189. The molecule has 2 unspecified atom stereocenters. The third kappa shape index (κ3) is 2.08. The Bertz CT molecular complexity index is 722. The minimum Gasteiger partial charge on any atom is -0.464 e. The van der Waals surface area contributed by atoms with Gasteiger partial charge in [0.15, 0.2) is 6.17 Å². The maximum atomic E-state index is 14.0. The average Bonchev–Trinajstić information content (AvgIpc) is 3.11. The van der Waals surface area contributed by atoms with E-state index >= 15 is 0 Å². The Morgan fingerprint density at radius 1 is 1.35 bits per heavy atom. The lowest BCUT2D eigenvalue weighted by atomic mass is 10.1. The number of halogens is 1. The van der Waals surface area contributed by atoms with Crippen molar-refractivity contribution < 1.29 is 13.3 Å². The highest BCUT2D eigenvalue weighted by Crippen LogP contribution is 2.31. The van der Waals surface area contributed by atoms with Crippen LogP contribution < -0.4 is 5.73 Å². The molecule has 0 saturated heterocycles. The number of hydrogen-bond donors (Lipinski definition) is 1. The van der Waals surface area contributed by atoms with Crippen molar-refractivity contribution in [3.8, 4) is 11.4 Å². The summed E-state index contributed by atoms with van der Waals surface area (Å²) in [4.78, 5) is 4.10. The van der Waals surface area contributed by atoms with Gasteiger partial charge in [0.05, 0.1) is 5.56 Å². The van der Waals surface area contributed by atoms with Crippen LogP contribution in [0.3, 0.4) is 0 Å². The Kier molecular flexibility index (Phi) is 3.23. The second-order valence-corrected chi connectivity index (χ2v) is 4.72. The quantitative estimate of drug-likeness (QED) is 0.791. The van der Waals surface area contributed by atoms with Crippen LogP contribution in [-0.2, 0) is 0 Å². The molecular weight excluding hydrogens is 261 g/mol. The first kappa shape index (κ1) is 12.8. The van der Waals surface area contributed by atoms with Crippen LogP contribution in [0.15, 0.2) is 39.5 Å². The van der Waals surface area contributed by atoms with Gasteiger partial charge in [-0.15, -0.1) is 0 Å². The van der Waals surface area contributed by atoms with Crippen LogP contribution >= 0.6 is 0 Å². The monoisotopic (exact) mass is 275 g/mol. The Hall–Kier alpha value is -2.21. The van der Waals surface area contributed by atoms with Gasteiger partial charge in [0, 0.05) is 11.3 Å². The number of benzene rings is 1. The highest BCUT2D eigenvalue weighted by Gasteiger charge is 2.25. The smallest absolute Gasteiger partial charge is 0.261 e. The van der Waals surface area contributed by atoms with E-state index < -0.39 is 6.17 Å². The van der Waals surface area contributed by atoms with Crippen LogP contribution in [0.2, 0.25) is 0 Å². The van der Waals surface area contributed by atoms with E-state index in [0.717, 1.165) is 11.0 Å². The van der Waals surface area contributed by atoms with E-state index in [9.17, 15) is 4.39 Å². The molecule has 0 saturated carbocycles. The summed E-state index contributed by atoms with van der Waals surface area (Å²) in [6, 6.07) is 7.49. The number of rotatable bonds is 4. The van der Waals surface area contributed by atoms with Crippen LogP contribution in [0.25, 0.3) is 22.4 Å². The molecule has 0 fully saturated rings. The molecule has 2 aromatic heterocycles. The van der Waals surface area contributed by atoms with Gasteiger partial charge in [-0.05, 0) is 12.6 Å². The summed E-state index contributed by atoms with van der Waals surface area (Å²) in [6.45, 7) is 1.91. The van der Waals surface area contributed by atoms with Gasteiger partial charge in [-0.1, -0.05) is 30.3 Å². The van der Waals surface area contributed by atoms with E-state index in [1.54, 1.807) is 13.2 Å². The fraction of sp³-hybridized carbons (Fsp3) is 0.286. The first-order chi connectivity index (χ1) is 9.70. The molecule has 0 amide bonds. The van der Waals surface area contributed by atoms with Gasteiger partial charge < -0.3 is 14.7 Å². The van der Waals surface area contributed by atoms with Gasteiger partial charge in [0.2, 0.25) is 5.82 Å². The largest absolute Gasteiger partial charge is 0.464 e. The molecule has 5 nitrogen and oxygen atoms in total. The van der Waals surface area contributed by atoms with Gasteiger partial charge in [-0.3, -0.25) is 0 Å². The van der Waals surface area contributed by atoms with Gasteiger partial charge in [-0.25, -0.2) is 4.39 Å². The minimum absolute atomic E-state index is 0.0526. The van der Waals surface area contributed by atoms with Crippen molar-refractivity contribution in [2.45, 2.75) is 13.1 Å². The number of nitrogens with two attached hydrogens (primary N) is 1. The van der Waals surface area contributed by atoms with Crippen molar-refractivity contribution in [1.82, 2.24) is 10.1 Å². The van der Waals surface area contributed by atoms with Crippen LogP contribution in [0.4, 0.5) is 4.39 Å². The number of nitrogens with zero attached hydrogens (tertiary/aromatic N) is 2. The molecule has 3 aromatic rings. The molecule has 2 heterocycles. The van der Waals surface area contributed by atoms with Crippen LogP contribution in [0, 0.1) is 5.92 Å². The van der Waals surface area contributed by atoms with E-state index in [1.807, 2.05) is 24.3 Å². The number of para-hydroxylation sites is 1. The maximum Gasteiger partial charge on any atom is 0.261 e. The maximum absolute atomic E-state index is 14.0. The third-order valence-electron chi connectivity index (χ3n) is 3.27. The van der Waals surface area contributed by atoms with Crippen molar-refractivity contribution in [3.63, 3.8) is 0 Å².